The first kappa shape index (κ1) is 21.3. The Bertz CT molecular complexity index is 935. The van der Waals surface area contributed by atoms with E-state index in [1.54, 1.807) is 0 Å². The molecule has 0 amide bonds. The van der Waals surface area contributed by atoms with Crippen molar-refractivity contribution in [3.05, 3.63) is 70.3 Å². The number of aryl methyl sites for hydroxylation is 1. The minimum Gasteiger partial charge on any atom is -0.492 e. The molecule has 1 aliphatic carbocycles. The molecule has 0 radical (unpaired) electrons. The average Bonchev–Trinajstić information content (AvgIpc) is 2.71. The molecule has 1 aliphatic rings. The van der Waals surface area contributed by atoms with E-state index in [1.165, 1.54) is 0 Å². The van der Waals surface area contributed by atoms with Crippen molar-refractivity contribution < 1.29 is 9.53 Å². The van der Waals surface area contributed by atoms with Crippen LogP contribution >= 0.6 is 0 Å². The van der Waals surface area contributed by atoms with Gasteiger partial charge in [-0.15, -0.1) is 0 Å². The lowest BCUT2D eigenvalue weighted by Crippen LogP contribution is -2.30. The predicted molar refractivity (Wildman–Crippen MR) is 121 cm³/mol. The highest BCUT2D eigenvalue weighted by Crippen LogP contribution is 2.45. The van der Waals surface area contributed by atoms with Gasteiger partial charge in [-0.3, -0.25) is 4.79 Å². The molecule has 0 bridgehead atoms. The Morgan fingerprint density at radius 1 is 0.966 bits per heavy atom. The van der Waals surface area contributed by atoms with Gasteiger partial charge in [-0.05, 0) is 61.8 Å². The number of Topliss-reactive ketones (excluding diaryl/α,β-unsaturated/α-hetero) is 1. The van der Waals surface area contributed by atoms with Crippen molar-refractivity contribution in [2.45, 2.75) is 47.0 Å². The van der Waals surface area contributed by atoms with Gasteiger partial charge in [0.15, 0.2) is 5.78 Å². The van der Waals surface area contributed by atoms with Crippen molar-refractivity contribution in [1.29, 1.82) is 0 Å². The third-order valence-corrected chi connectivity index (χ3v) is 6.43. The average molecular weight is 392 g/mol. The van der Waals surface area contributed by atoms with Crippen LogP contribution in [0.5, 0.6) is 5.75 Å². The van der Waals surface area contributed by atoms with E-state index in [0.717, 1.165) is 58.8 Å². The molecule has 0 unspecified atom stereocenters. The molecule has 0 saturated heterocycles. The zero-order valence-corrected chi connectivity index (χ0v) is 18.6. The van der Waals surface area contributed by atoms with E-state index in [-0.39, 0.29) is 11.2 Å². The van der Waals surface area contributed by atoms with Crippen LogP contribution < -0.4 is 4.74 Å². The number of carbonyl (C=O) groups is 1. The van der Waals surface area contributed by atoms with Crippen LogP contribution in [0.15, 0.2) is 48.0 Å². The molecule has 3 heteroatoms. The number of rotatable bonds is 7. The molecular weight excluding hydrogens is 358 g/mol. The van der Waals surface area contributed by atoms with Crippen LogP contribution in [0.3, 0.4) is 0 Å². The van der Waals surface area contributed by atoms with E-state index in [1.807, 2.05) is 24.3 Å². The number of nitrogens with zero attached hydrogens (tertiary/aromatic N) is 1. The molecule has 0 aromatic heterocycles. The van der Waals surface area contributed by atoms with E-state index in [2.05, 4.69) is 64.6 Å². The molecule has 3 rings (SSSR count). The Hall–Kier alpha value is -2.39. The fraction of sp³-hybridized carbons (Fsp3) is 0.423. The molecule has 0 N–H and O–H groups in total. The van der Waals surface area contributed by atoms with Crippen molar-refractivity contribution in [3.8, 4) is 5.75 Å². The summed E-state index contributed by atoms with van der Waals surface area (Å²) in [6.07, 6.45) is 0. The first-order valence-electron chi connectivity index (χ1n) is 10.6. The van der Waals surface area contributed by atoms with Crippen molar-refractivity contribution in [2.75, 3.05) is 26.2 Å². The fourth-order valence-corrected chi connectivity index (χ4v) is 4.16. The Kier molecular flexibility index (Phi) is 6.28. The summed E-state index contributed by atoms with van der Waals surface area (Å²) in [7, 11) is 0. The highest BCUT2D eigenvalue weighted by molar-refractivity contribution is 6.32. The van der Waals surface area contributed by atoms with E-state index < -0.39 is 0 Å². The monoisotopic (exact) mass is 391 g/mol. The number of ether oxygens (including phenoxy) is 1. The maximum absolute atomic E-state index is 13.5. The van der Waals surface area contributed by atoms with Gasteiger partial charge in [-0.25, -0.2) is 0 Å². The van der Waals surface area contributed by atoms with Crippen LogP contribution in [0.25, 0.3) is 5.57 Å². The third kappa shape index (κ3) is 4.02. The van der Waals surface area contributed by atoms with Crippen LogP contribution in [-0.2, 0) is 5.41 Å². The summed E-state index contributed by atoms with van der Waals surface area (Å²) >= 11 is 0. The van der Waals surface area contributed by atoms with Gasteiger partial charge in [-0.1, -0.05) is 57.5 Å². The lowest BCUT2D eigenvalue weighted by molar-refractivity contribution is 0.105. The second-order valence-corrected chi connectivity index (χ2v) is 8.35. The minimum absolute atomic E-state index is 0.112. The zero-order valence-electron chi connectivity index (χ0n) is 18.6. The smallest absolute Gasteiger partial charge is 0.193 e. The predicted octanol–water partition coefficient (Wildman–Crippen LogP) is 5.66. The second-order valence-electron chi connectivity index (χ2n) is 8.35. The van der Waals surface area contributed by atoms with Crippen molar-refractivity contribution >= 4 is 11.4 Å². The van der Waals surface area contributed by atoms with Gasteiger partial charge in [0.2, 0.25) is 0 Å². The molecule has 0 heterocycles. The molecule has 0 fully saturated rings. The second kappa shape index (κ2) is 8.54. The zero-order chi connectivity index (χ0) is 21.2. The minimum atomic E-state index is -0.237. The largest absolute Gasteiger partial charge is 0.492 e. The molecule has 0 spiro atoms. The van der Waals surface area contributed by atoms with Gasteiger partial charge >= 0.3 is 0 Å². The summed E-state index contributed by atoms with van der Waals surface area (Å²) < 4.78 is 6.03. The van der Waals surface area contributed by atoms with Crippen LogP contribution in [0.2, 0.25) is 0 Å². The van der Waals surface area contributed by atoms with Gasteiger partial charge < -0.3 is 9.64 Å². The standard InChI is InChI=1S/C26H33NO2/c1-7-27(8-2)15-16-29-20-13-14-22-23(17-20)26(5,6)19(4)24(25(22)28)21-12-10-9-11-18(21)3/h9-14,17H,7-8,15-16H2,1-6H3. The Morgan fingerprint density at radius 3 is 2.31 bits per heavy atom. The fourth-order valence-electron chi connectivity index (χ4n) is 4.16. The highest BCUT2D eigenvalue weighted by atomic mass is 16.5. The SMILES string of the molecule is CCN(CC)CCOc1ccc2c(c1)C(C)(C)C(C)=C(c1ccccc1C)C2=O. The van der Waals surface area contributed by atoms with Crippen LogP contribution in [-0.4, -0.2) is 36.9 Å². The number of fused-ring (bicyclic) bond motifs is 1. The van der Waals surface area contributed by atoms with Crippen LogP contribution in [0.4, 0.5) is 0 Å². The number of allylic oxidation sites excluding steroid dienone is 2. The maximum atomic E-state index is 13.5. The lowest BCUT2D eigenvalue weighted by atomic mass is 9.67. The molecule has 0 saturated carbocycles. The van der Waals surface area contributed by atoms with E-state index in [9.17, 15) is 4.79 Å². The van der Waals surface area contributed by atoms with E-state index in [0.29, 0.717) is 6.61 Å². The molecule has 2 aromatic rings. The molecule has 2 aromatic carbocycles. The summed E-state index contributed by atoms with van der Waals surface area (Å²) in [5, 5.41) is 0. The number of benzene rings is 2. The van der Waals surface area contributed by atoms with Crippen molar-refractivity contribution in [1.82, 2.24) is 4.90 Å². The van der Waals surface area contributed by atoms with E-state index in [4.69, 9.17) is 4.74 Å². The van der Waals surface area contributed by atoms with Crippen molar-refractivity contribution in [3.63, 3.8) is 0 Å². The topological polar surface area (TPSA) is 29.5 Å². The Morgan fingerprint density at radius 2 is 1.66 bits per heavy atom. The first-order valence-corrected chi connectivity index (χ1v) is 10.6. The highest BCUT2D eigenvalue weighted by Gasteiger charge is 2.37. The summed E-state index contributed by atoms with van der Waals surface area (Å²) in [6.45, 7) is 16.5. The molecule has 3 nitrogen and oxygen atoms in total. The van der Waals surface area contributed by atoms with Crippen LogP contribution in [0, 0.1) is 6.92 Å². The summed E-state index contributed by atoms with van der Waals surface area (Å²) in [5.41, 5.74) is 5.73. The van der Waals surface area contributed by atoms with Gasteiger partial charge in [0.1, 0.15) is 12.4 Å². The van der Waals surface area contributed by atoms with Gasteiger partial charge in [0.25, 0.3) is 0 Å². The van der Waals surface area contributed by atoms with Gasteiger partial charge in [0, 0.05) is 23.1 Å². The lowest BCUT2D eigenvalue weighted by Gasteiger charge is -2.35. The number of likely N-dealkylation sites (N-methyl/N-ethyl adjacent to an activating group) is 1. The normalized spacial score (nSPS) is 15.6. The summed E-state index contributed by atoms with van der Waals surface area (Å²) in [4.78, 5) is 15.8. The Labute approximate surface area is 175 Å². The van der Waals surface area contributed by atoms with Crippen LogP contribution in [0.1, 0.15) is 61.7 Å². The van der Waals surface area contributed by atoms with E-state index >= 15 is 0 Å². The first-order chi connectivity index (χ1) is 13.8. The number of hydrogen-bond donors (Lipinski definition) is 0. The quantitative estimate of drug-likeness (QED) is 0.610. The molecule has 0 atom stereocenters. The van der Waals surface area contributed by atoms with Gasteiger partial charge in [0.05, 0.1) is 0 Å². The van der Waals surface area contributed by atoms with Crippen molar-refractivity contribution in [2.24, 2.45) is 0 Å². The number of carbonyl (C=O) groups excluding carboxylic acids is 1. The third-order valence-electron chi connectivity index (χ3n) is 6.43. The maximum Gasteiger partial charge on any atom is 0.193 e. The number of ketones is 1. The summed E-state index contributed by atoms with van der Waals surface area (Å²) in [5.74, 6) is 0.949. The molecular formula is C26H33NO2. The Balaban J connectivity index is 1.94. The van der Waals surface area contributed by atoms with Gasteiger partial charge in [-0.2, -0.15) is 0 Å². The molecule has 29 heavy (non-hydrogen) atoms. The molecule has 154 valence electrons. The summed E-state index contributed by atoms with van der Waals surface area (Å²) in [6, 6.07) is 14.1. The molecule has 0 aliphatic heterocycles. The number of hydrogen-bond acceptors (Lipinski definition) is 3.